The quantitative estimate of drug-likeness (QED) is 0.724. The fraction of sp³-hybridized carbons (Fsp3) is 0.429. The van der Waals surface area contributed by atoms with Crippen LogP contribution in [0.5, 0.6) is 0 Å². The average molecular weight is 199 g/mol. The van der Waals surface area contributed by atoms with E-state index in [1.165, 1.54) is 12.4 Å². The van der Waals surface area contributed by atoms with Crippen LogP contribution in [0.15, 0.2) is 17.4 Å². The highest BCUT2D eigenvalue weighted by molar-refractivity contribution is 7.92. The Hall–Kier alpha value is -1.17. The topological polar surface area (TPSA) is 85.9 Å². The fourth-order valence-electron chi connectivity index (χ4n) is 1.09. The van der Waals surface area contributed by atoms with Crippen molar-refractivity contribution in [2.45, 2.75) is 23.1 Å². The summed E-state index contributed by atoms with van der Waals surface area (Å²) in [5.41, 5.74) is 5.42. The van der Waals surface area contributed by atoms with Gasteiger partial charge in [0.15, 0.2) is 10.8 Å². The van der Waals surface area contributed by atoms with Gasteiger partial charge in [-0.25, -0.2) is 18.4 Å². The number of sulfone groups is 1. The summed E-state index contributed by atoms with van der Waals surface area (Å²) in [6.45, 7) is 0. The van der Waals surface area contributed by atoms with Gasteiger partial charge >= 0.3 is 0 Å². The van der Waals surface area contributed by atoms with Crippen LogP contribution < -0.4 is 5.73 Å². The van der Waals surface area contributed by atoms with E-state index >= 15 is 0 Å². The lowest BCUT2D eigenvalue weighted by molar-refractivity contribution is 0.591. The smallest absolute Gasteiger partial charge is 0.202 e. The molecule has 2 rings (SSSR count). The van der Waals surface area contributed by atoms with Crippen molar-refractivity contribution < 1.29 is 8.42 Å². The number of nitrogens with zero attached hydrogens (tertiary/aromatic N) is 2. The Balaban J connectivity index is 2.51. The minimum absolute atomic E-state index is 0.00519. The molecule has 1 aliphatic carbocycles. The molecule has 0 saturated heterocycles. The predicted octanol–water partition coefficient (Wildman–Crippen LogP) is -0.00510. The van der Waals surface area contributed by atoms with Crippen LogP contribution in [0.1, 0.15) is 12.8 Å². The van der Waals surface area contributed by atoms with Crippen LogP contribution >= 0.6 is 0 Å². The van der Waals surface area contributed by atoms with E-state index in [1.54, 1.807) is 0 Å². The van der Waals surface area contributed by atoms with E-state index in [0.29, 0.717) is 12.8 Å². The first-order chi connectivity index (χ1) is 6.12. The number of rotatable bonds is 2. The van der Waals surface area contributed by atoms with Crippen molar-refractivity contribution in [3.8, 4) is 0 Å². The lowest BCUT2D eigenvalue weighted by atomic mass is 10.7. The van der Waals surface area contributed by atoms with Gasteiger partial charge in [-0.3, -0.25) is 0 Å². The van der Waals surface area contributed by atoms with Gasteiger partial charge in [0.25, 0.3) is 0 Å². The van der Waals surface area contributed by atoms with Crippen molar-refractivity contribution in [1.29, 1.82) is 0 Å². The van der Waals surface area contributed by atoms with Gasteiger partial charge in [-0.2, -0.15) is 0 Å². The number of aromatic nitrogens is 2. The van der Waals surface area contributed by atoms with Crippen LogP contribution in [0, 0.1) is 0 Å². The Morgan fingerprint density at radius 1 is 1.31 bits per heavy atom. The van der Waals surface area contributed by atoms with Gasteiger partial charge in [-0.15, -0.1) is 0 Å². The van der Waals surface area contributed by atoms with Gasteiger partial charge in [0.2, 0.25) is 9.84 Å². The van der Waals surface area contributed by atoms with E-state index in [-0.39, 0.29) is 16.1 Å². The second-order valence-electron chi connectivity index (χ2n) is 2.99. The molecule has 0 bridgehead atoms. The van der Waals surface area contributed by atoms with E-state index in [9.17, 15) is 8.42 Å². The van der Waals surface area contributed by atoms with Crippen molar-refractivity contribution in [2.24, 2.45) is 0 Å². The summed E-state index contributed by atoms with van der Waals surface area (Å²) in [6.07, 6.45) is 4.13. The number of anilines is 1. The van der Waals surface area contributed by atoms with Crippen LogP contribution in [0.3, 0.4) is 0 Å². The van der Waals surface area contributed by atoms with Crippen LogP contribution in [-0.4, -0.2) is 23.6 Å². The monoisotopic (exact) mass is 199 g/mol. The average Bonchev–Trinajstić information content (AvgIpc) is 2.86. The summed E-state index contributed by atoms with van der Waals surface area (Å²) in [7, 11) is -3.30. The second-order valence-corrected chi connectivity index (χ2v) is 5.13. The molecule has 13 heavy (non-hydrogen) atoms. The van der Waals surface area contributed by atoms with Crippen molar-refractivity contribution in [2.75, 3.05) is 5.73 Å². The number of nitrogen functional groups attached to an aromatic ring is 1. The van der Waals surface area contributed by atoms with Crippen LogP contribution in [-0.2, 0) is 9.84 Å². The van der Waals surface area contributed by atoms with Gasteiger partial charge < -0.3 is 5.73 Å². The molecule has 0 unspecified atom stereocenters. The SMILES string of the molecule is Nc1nccnc1S(=O)(=O)C1CC1. The second kappa shape index (κ2) is 2.66. The van der Waals surface area contributed by atoms with Crippen molar-refractivity contribution >= 4 is 15.7 Å². The zero-order chi connectivity index (χ0) is 9.47. The third-order valence-electron chi connectivity index (χ3n) is 1.92. The fourth-order valence-corrected chi connectivity index (χ4v) is 2.72. The lowest BCUT2D eigenvalue weighted by Gasteiger charge is -2.02. The van der Waals surface area contributed by atoms with Crippen LogP contribution in [0.2, 0.25) is 0 Å². The van der Waals surface area contributed by atoms with E-state index in [0.717, 1.165) is 0 Å². The Kier molecular flexibility index (Phi) is 1.73. The maximum atomic E-state index is 11.6. The molecule has 1 saturated carbocycles. The standard InChI is InChI=1S/C7H9N3O2S/c8-6-7(10-4-3-9-6)13(11,12)5-1-2-5/h3-5H,1-2H2,(H2,8,9). The Morgan fingerprint density at radius 2 is 1.92 bits per heavy atom. The molecule has 0 amide bonds. The first kappa shape index (κ1) is 8.43. The van der Waals surface area contributed by atoms with Gasteiger partial charge in [0.05, 0.1) is 5.25 Å². The molecule has 1 fully saturated rings. The molecule has 0 atom stereocenters. The molecule has 2 N–H and O–H groups in total. The third kappa shape index (κ3) is 1.37. The minimum atomic E-state index is -3.30. The maximum absolute atomic E-state index is 11.6. The number of nitrogens with two attached hydrogens (primary N) is 1. The van der Waals surface area contributed by atoms with Gasteiger partial charge in [0.1, 0.15) is 0 Å². The number of hydrogen-bond donors (Lipinski definition) is 1. The number of hydrogen-bond acceptors (Lipinski definition) is 5. The van der Waals surface area contributed by atoms with Crippen LogP contribution in [0.4, 0.5) is 5.82 Å². The minimum Gasteiger partial charge on any atom is -0.381 e. The van der Waals surface area contributed by atoms with E-state index in [4.69, 9.17) is 5.73 Å². The molecule has 0 aromatic carbocycles. The summed E-state index contributed by atoms with van der Waals surface area (Å²) < 4.78 is 23.3. The molecular formula is C7H9N3O2S. The molecule has 0 radical (unpaired) electrons. The molecular weight excluding hydrogens is 190 g/mol. The Bertz CT molecular complexity index is 425. The highest BCUT2D eigenvalue weighted by Crippen LogP contribution is 2.33. The van der Waals surface area contributed by atoms with Gasteiger partial charge in [-0.1, -0.05) is 0 Å². The third-order valence-corrected chi connectivity index (χ3v) is 4.13. The maximum Gasteiger partial charge on any atom is 0.202 e. The first-order valence-electron chi connectivity index (χ1n) is 3.93. The molecule has 5 nitrogen and oxygen atoms in total. The Morgan fingerprint density at radius 3 is 2.46 bits per heavy atom. The van der Waals surface area contributed by atoms with Crippen molar-refractivity contribution in [3.63, 3.8) is 0 Å². The van der Waals surface area contributed by atoms with E-state index in [2.05, 4.69) is 9.97 Å². The molecule has 1 aromatic rings. The highest BCUT2D eigenvalue weighted by Gasteiger charge is 2.39. The normalized spacial score (nSPS) is 17.2. The lowest BCUT2D eigenvalue weighted by Crippen LogP contribution is -2.12. The highest BCUT2D eigenvalue weighted by atomic mass is 32.2. The summed E-state index contributed by atoms with van der Waals surface area (Å²) in [4.78, 5) is 7.43. The molecule has 6 heteroatoms. The summed E-state index contributed by atoms with van der Waals surface area (Å²) in [5.74, 6) is -0.00519. The zero-order valence-corrected chi connectivity index (χ0v) is 7.66. The summed E-state index contributed by atoms with van der Waals surface area (Å²) in [6, 6.07) is 0. The van der Waals surface area contributed by atoms with E-state index in [1.807, 2.05) is 0 Å². The van der Waals surface area contributed by atoms with Gasteiger partial charge in [-0.05, 0) is 12.8 Å². The molecule has 0 spiro atoms. The predicted molar refractivity (Wildman–Crippen MR) is 46.7 cm³/mol. The first-order valence-corrected chi connectivity index (χ1v) is 5.47. The van der Waals surface area contributed by atoms with Crippen molar-refractivity contribution in [3.05, 3.63) is 12.4 Å². The molecule has 1 heterocycles. The van der Waals surface area contributed by atoms with Gasteiger partial charge in [0, 0.05) is 12.4 Å². The summed E-state index contributed by atoms with van der Waals surface area (Å²) >= 11 is 0. The zero-order valence-electron chi connectivity index (χ0n) is 6.84. The summed E-state index contributed by atoms with van der Waals surface area (Å²) in [5, 5.41) is -0.357. The molecule has 70 valence electrons. The molecule has 0 aliphatic heterocycles. The Labute approximate surface area is 75.9 Å². The van der Waals surface area contributed by atoms with Crippen molar-refractivity contribution in [1.82, 2.24) is 9.97 Å². The molecule has 1 aromatic heterocycles. The van der Waals surface area contributed by atoms with E-state index < -0.39 is 9.84 Å². The largest absolute Gasteiger partial charge is 0.381 e. The molecule has 1 aliphatic rings. The van der Waals surface area contributed by atoms with Crippen LogP contribution in [0.25, 0.3) is 0 Å².